The second kappa shape index (κ2) is 6.50. The van der Waals surface area contributed by atoms with E-state index in [1.54, 1.807) is 0 Å². The second-order valence-corrected chi connectivity index (χ2v) is 5.35. The molecule has 0 radical (unpaired) electrons. The molecule has 0 bridgehead atoms. The molecule has 2 rings (SSSR count). The third kappa shape index (κ3) is 3.67. The minimum absolute atomic E-state index is 0.245. The summed E-state index contributed by atoms with van der Waals surface area (Å²) in [7, 11) is 0. The number of piperidine rings is 1. The topological polar surface area (TPSA) is 70.6 Å². The Hall–Kier alpha value is -0.650. The molecule has 104 valence electrons. The molecule has 3 N–H and O–H groups in total. The molecule has 2 heterocycles. The molecule has 2 atom stereocenters. The average molecular weight is 256 g/mol. The lowest BCUT2D eigenvalue weighted by Crippen LogP contribution is -2.56. The molecule has 0 saturated carbocycles. The van der Waals surface area contributed by atoms with Gasteiger partial charge >= 0.3 is 0 Å². The van der Waals surface area contributed by atoms with Gasteiger partial charge < -0.3 is 20.5 Å². The van der Waals surface area contributed by atoms with Crippen LogP contribution in [0.15, 0.2) is 0 Å². The van der Waals surface area contributed by atoms with Crippen molar-refractivity contribution in [2.24, 2.45) is 0 Å². The Morgan fingerprint density at radius 3 is 3.00 bits per heavy atom. The number of nitrogens with one attached hydrogen (secondary N) is 2. The van der Waals surface area contributed by atoms with Crippen LogP contribution in [0.3, 0.4) is 0 Å². The molecule has 0 spiro atoms. The summed E-state index contributed by atoms with van der Waals surface area (Å²) in [6.45, 7) is 2.67. The number of carbonyl (C=O) groups is 1. The van der Waals surface area contributed by atoms with Crippen molar-refractivity contribution in [3.05, 3.63) is 0 Å². The van der Waals surface area contributed by atoms with Crippen molar-refractivity contribution in [1.29, 1.82) is 0 Å². The number of hydrogen-bond donors (Lipinski definition) is 3. The summed E-state index contributed by atoms with van der Waals surface area (Å²) in [6, 6.07) is 0. The standard InChI is InChI=1S/C13H24N2O3/c16-12(13(17)6-3-7-14-10-13)15-8-5-11-4-1-2-9-18-11/h11,14,17H,1-10H2,(H,15,16). The van der Waals surface area contributed by atoms with Crippen LogP contribution in [0.1, 0.15) is 38.5 Å². The minimum Gasteiger partial charge on any atom is -0.379 e. The molecule has 0 aromatic carbocycles. The fraction of sp³-hybridized carbons (Fsp3) is 0.923. The van der Waals surface area contributed by atoms with E-state index in [4.69, 9.17) is 4.74 Å². The van der Waals surface area contributed by atoms with Crippen LogP contribution in [-0.4, -0.2) is 49.0 Å². The normalized spacial score (nSPS) is 33.1. The Balaban J connectivity index is 1.67. The van der Waals surface area contributed by atoms with Gasteiger partial charge in [0.25, 0.3) is 5.91 Å². The quantitative estimate of drug-likeness (QED) is 0.671. The number of rotatable bonds is 4. The first-order valence-electron chi connectivity index (χ1n) is 7.04. The summed E-state index contributed by atoms with van der Waals surface area (Å²) in [6.07, 6.45) is 5.96. The largest absolute Gasteiger partial charge is 0.379 e. The van der Waals surface area contributed by atoms with Gasteiger partial charge in [0, 0.05) is 19.7 Å². The fourth-order valence-corrected chi connectivity index (χ4v) is 2.63. The first-order valence-corrected chi connectivity index (χ1v) is 7.04. The highest BCUT2D eigenvalue weighted by Gasteiger charge is 2.36. The summed E-state index contributed by atoms with van der Waals surface area (Å²) >= 11 is 0. The first-order chi connectivity index (χ1) is 8.71. The van der Waals surface area contributed by atoms with Gasteiger partial charge in [0.05, 0.1) is 6.10 Å². The average Bonchev–Trinajstić information content (AvgIpc) is 2.41. The van der Waals surface area contributed by atoms with E-state index in [0.717, 1.165) is 38.8 Å². The molecule has 2 aliphatic heterocycles. The van der Waals surface area contributed by atoms with E-state index in [-0.39, 0.29) is 12.0 Å². The van der Waals surface area contributed by atoms with E-state index in [0.29, 0.717) is 19.5 Å². The van der Waals surface area contributed by atoms with Crippen molar-refractivity contribution < 1.29 is 14.6 Å². The van der Waals surface area contributed by atoms with Crippen LogP contribution in [0.4, 0.5) is 0 Å². The molecule has 0 aromatic rings. The molecule has 2 saturated heterocycles. The molecule has 0 aromatic heterocycles. The number of amides is 1. The Morgan fingerprint density at radius 1 is 1.44 bits per heavy atom. The number of carbonyl (C=O) groups excluding carboxylic acids is 1. The van der Waals surface area contributed by atoms with Gasteiger partial charge in [-0.1, -0.05) is 0 Å². The van der Waals surface area contributed by atoms with Crippen LogP contribution in [-0.2, 0) is 9.53 Å². The highest BCUT2D eigenvalue weighted by molar-refractivity contribution is 5.85. The maximum absolute atomic E-state index is 11.9. The van der Waals surface area contributed by atoms with Crippen molar-refractivity contribution in [3.8, 4) is 0 Å². The maximum atomic E-state index is 11.9. The number of aliphatic hydroxyl groups is 1. The molecule has 5 heteroatoms. The van der Waals surface area contributed by atoms with Gasteiger partial charge in [0.2, 0.25) is 0 Å². The van der Waals surface area contributed by atoms with Gasteiger partial charge in [-0.15, -0.1) is 0 Å². The van der Waals surface area contributed by atoms with Gasteiger partial charge in [0.15, 0.2) is 5.60 Å². The molecule has 18 heavy (non-hydrogen) atoms. The van der Waals surface area contributed by atoms with Crippen LogP contribution in [0.5, 0.6) is 0 Å². The van der Waals surface area contributed by atoms with E-state index >= 15 is 0 Å². The Kier molecular flexibility index (Phi) is 4.97. The van der Waals surface area contributed by atoms with Gasteiger partial charge in [-0.25, -0.2) is 0 Å². The lowest BCUT2D eigenvalue weighted by atomic mass is 9.93. The number of β-amino-alcohol motifs (C(OH)–C–C–N with tert-alkyl or cyclic N) is 1. The summed E-state index contributed by atoms with van der Waals surface area (Å²) in [4.78, 5) is 11.9. The van der Waals surface area contributed by atoms with E-state index in [1.807, 2.05) is 0 Å². The summed E-state index contributed by atoms with van der Waals surface area (Å²) < 4.78 is 5.60. The zero-order valence-corrected chi connectivity index (χ0v) is 10.9. The molecule has 2 unspecified atom stereocenters. The molecule has 1 amide bonds. The third-order valence-electron chi connectivity index (χ3n) is 3.81. The third-order valence-corrected chi connectivity index (χ3v) is 3.81. The zero-order chi connectivity index (χ0) is 12.8. The Morgan fingerprint density at radius 2 is 2.33 bits per heavy atom. The minimum atomic E-state index is -1.22. The monoisotopic (exact) mass is 256 g/mol. The van der Waals surface area contributed by atoms with E-state index < -0.39 is 5.60 Å². The maximum Gasteiger partial charge on any atom is 0.253 e. The molecule has 2 aliphatic rings. The second-order valence-electron chi connectivity index (χ2n) is 5.35. The van der Waals surface area contributed by atoms with Gasteiger partial charge in [-0.05, 0) is 45.1 Å². The Labute approximate surface area is 108 Å². The van der Waals surface area contributed by atoms with Gasteiger partial charge in [-0.3, -0.25) is 4.79 Å². The van der Waals surface area contributed by atoms with Crippen LogP contribution >= 0.6 is 0 Å². The van der Waals surface area contributed by atoms with Crippen molar-refractivity contribution in [2.45, 2.75) is 50.2 Å². The molecule has 5 nitrogen and oxygen atoms in total. The summed E-state index contributed by atoms with van der Waals surface area (Å²) in [5, 5.41) is 16.1. The number of ether oxygens (including phenoxy) is 1. The molecular weight excluding hydrogens is 232 g/mol. The van der Waals surface area contributed by atoms with Crippen molar-refractivity contribution in [3.63, 3.8) is 0 Å². The number of hydrogen-bond acceptors (Lipinski definition) is 4. The first kappa shape index (κ1) is 13.8. The summed E-state index contributed by atoms with van der Waals surface area (Å²) in [5.41, 5.74) is -1.22. The van der Waals surface area contributed by atoms with Crippen molar-refractivity contribution in [1.82, 2.24) is 10.6 Å². The van der Waals surface area contributed by atoms with E-state index in [9.17, 15) is 9.90 Å². The highest BCUT2D eigenvalue weighted by atomic mass is 16.5. The van der Waals surface area contributed by atoms with Crippen LogP contribution in [0.25, 0.3) is 0 Å². The smallest absolute Gasteiger partial charge is 0.253 e. The predicted molar refractivity (Wildman–Crippen MR) is 68.3 cm³/mol. The SMILES string of the molecule is O=C(NCCC1CCCCO1)C1(O)CCCNC1. The van der Waals surface area contributed by atoms with E-state index in [2.05, 4.69) is 10.6 Å². The molecule has 2 fully saturated rings. The zero-order valence-electron chi connectivity index (χ0n) is 10.9. The molecule has 0 aliphatic carbocycles. The fourth-order valence-electron chi connectivity index (χ4n) is 2.63. The predicted octanol–water partition coefficient (Wildman–Crippen LogP) is 0.176. The van der Waals surface area contributed by atoms with Crippen LogP contribution in [0.2, 0.25) is 0 Å². The van der Waals surface area contributed by atoms with Crippen molar-refractivity contribution in [2.75, 3.05) is 26.2 Å². The molecular formula is C13H24N2O3. The summed E-state index contributed by atoms with van der Waals surface area (Å²) in [5.74, 6) is -0.245. The Bertz CT molecular complexity index is 271. The van der Waals surface area contributed by atoms with Crippen molar-refractivity contribution >= 4 is 5.91 Å². The van der Waals surface area contributed by atoms with Gasteiger partial charge in [-0.2, -0.15) is 0 Å². The lowest BCUT2D eigenvalue weighted by molar-refractivity contribution is -0.141. The lowest BCUT2D eigenvalue weighted by Gasteiger charge is -2.31. The van der Waals surface area contributed by atoms with Crippen LogP contribution in [0, 0.1) is 0 Å². The van der Waals surface area contributed by atoms with Gasteiger partial charge in [0.1, 0.15) is 0 Å². The van der Waals surface area contributed by atoms with E-state index in [1.165, 1.54) is 6.42 Å². The highest BCUT2D eigenvalue weighted by Crippen LogP contribution is 2.17. The van der Waals surface area contributed by atoms with Crippen LogP contribution < -0.4 is 10.6 Å².